The first kappa shape index (κ1) is 19.3. The summed E-state index contributed by atoms with van der Waals surface area (Å²) in [6.07, 6.45) is 3.85. The molecule has 0 spiro atoms. The minimum absolute atomic E-state index is 0.340. The zero-order valence-corrected chi connectivity index (χ0v) is 16.4. The third-order valence-electron chi connectivity index (χ3n) is 4.49. The molecular weight excluding hydrogens is 378 g/mol. The number of hydrogen-bond donors (Lipinski definition) is 1. The van der Waals surface area contributed by atoms with E-state index in [4.69, 9.17) is 14.9 Å². The van der Waals surface area contributed by atoms with Crippen LogP contribution in [0.1, 0.15) is 17.0 Å². The Morgan fingerprint density at radius 2 is 1.93 bits per heavy atom. The molecule has 2 N–H and O–H groups in total. The summed E-state index contributed by atoms with van der Waals surface area (Å²) in [4.78, 5) is 12.8. The molecule has 30 heavy (non-hydrogen) atoms. The van der Waals surface area contributed by atoms with Crippen molar-refractivity contribution in [3.63, 3.8) is 0 Å². The van der Waals surface area contributed by atoms with Gasteiger partial charge in [-0.25, -0.2) is 9.97 Å². The topological polar surface area (TPSA) is 111 Å². The van der Waals surface area contributed by atoms with Crippen LogP contribution in [0.2, 0.25) is 0 Å². The van der Waals surface area contributed by atoms with E-state index in [1.165, 1.54) is 11.8 Å². The van der Waals surface area contributed by atoms with E-state index in [9.17, 15) is 5.26 Å². The number of hydrogen-bond acceptors (Lipinski definition) is 7. The maximum Gasteiger partial charge on any atom is 0.245 e. The van der Waals surface area contributed by atoms with Crippen LogP contribution in [0.5, 0.6) is 11.6 Å². The number of nitrogens with zero attached hydrogens (tertiary/aromatic N) is 4. The number of rotatable bonds is 6. The predicted molar refractivity (Wildman–Crippen MR) is 112 cm³/mol. The van der Waals surface area contributed by atoms with Gasteiger partial charge in [-0.15, -0.1) is 0 Å². The Labute approximate surface area is 173 Å². The summed E-state index contributed by atoms with van der Waals surface area (Å²) in [5.74, 6) is 1.76. The maximum atomic E-state index is 9.33. The zero-order chi connectivity index (χ0) is 20.9. The van der Waals surface area contributed by atoms with Gasteiger partial charge in [0.2, 0.25) is 11.8 Å². The fourth-order valence-electron chi connectivity index (χ4n) is 3.10. The average Bonchev–Trinajstić information content (AvgIpc) is 3.29. The highest BCUT2D eigenvalue weighted by molar-refractivity contribution is 5.72. The summed E-state index contributed by atoms with van der Waals surface area (Å²) in [7, 11) is 0. The van der Waals surface area contributed by atoms with Gasteiger partial charge in [-0.3, -0.25) is 0 Å². The van der Waals surface area contributed by atoms with Crippen molar-refractivity contribution in [2.45, 2.75) is 13.3 Å². The SMILES string of the molecule is Cc1nc(Oc2cc(C#N)ccc2-c2ccc(CCN)cc2)cc(-c2ncco2)n1. The number of aryl methyl sites for hydroxylation is 1. The molecule has 0 aliphatic rings. The molecule has 0 fully saturated rings. The molecule has 2 aromatic carbocycles. The first-order chi connectivity index (χ1) is 14.7. The normalized spacial score (nSPS) is 10.6. The fourth-order valence-corrected chi connectivity index (χ4v) is 3.10. The molecule has 2 heterocycles. The summed E-state index contributed by atoms with van der Waals surface area (Å²) >= 11 is 0. The largest absolute Gasteiger partial charge is 0.443 e. The Balaban J connectivity index is 1.73. The third-order valence-corrected chi connectivity index (χ3v) is 4.49. The van der Waals surface area contributed by atoms with Gasteiger partial charge in [-0.2, -0.15) is 10.2 Å². The molecule has 7 heteroatoms. The van der Waals surface area contributed by atoms with Gasteiger partial charge < -0.3 is 14.9 Å². The van der Waals surface area contributed by atoms with E-state index in [0.717, 1.165) is 17.5 Å². The summed E-state index contributed by atoms with van der Waals surface area (Å²) in [5, 5.41) is 9.33. The van der Waals surface area contributed by atoms with Crippen LogP contribution in [0.25, 0.3) is 22.7 Å². The van der Waals surface area contributed by atoms with Crippen LogP contribution in [0.4, 0.5) is 0 Å². The number of nitriles is 1. The van der Waals surface area contributed by atoms with E-state index < -0.39 is 0 Å². The molecular formula is C23H19N5O2. The van der Waals surface area contributed by atoms with Gasteiger partial charge in [0.25, 0.3) is 0 Å². The third kappa shape index (κ3) is 4.19. The van der Waals surface area contributed by atoms with Crippen molar-refractivity contribution < 1.29 is 9.15 Å². The lowest BCUT2D eigenvalue weighted by Gasteiger charge is -2.12. The van der Waals surface area contributed by atoms with Crippen LogP contribution in [0.15, 0.2) is 65.4 Å². The first-order valence-corrected chi connectivity index (χ1v) is 9.43. The van der Waals surface area contributed by atoms with Crippen molar-refractivity contribution in [2.24, 2.45) is 5.73 Å². The highest BCUT2D eigenvalue weighted by Gasteiger charge is 2.13. The smallest absolute Gasteiger partial charge is 0.245 e. The molecule has 0 saturated heterocycles. The van der Waals surface area contributed by atoms with Crippen molar-refractivity contribution in [1.82, 2.24) is 15.0 Å². The molecule has 0 atom stereocenters. The van der Waals surface area contributed by atoms with Gasteiger partial charge in [0.05, 0.1) is 17.8 Å². The summed E-state index contributed by atoms with van der Waals surface area (Å²) in [6.45, 7) is 2.37. The van der Waals surface area contributed by atoms with E-state index in [1.807, 2.05) is 30.3 Å². The minimum atomic E-state index is 0.340. The summed E-state index contributed by atoms with van der Waals surface area (Å²) in [5.41, 5.74) is 9.63. The number of benzene rings is 2. The fraction of sp³-hybridized carbons (Fsp3) is 0.130. The van der Waals surface area contributed by atoms with Crippen LogP contribution in [0.3, 0.4) is 0 Å². The van der Waals surface area contributed by atoms with E-state index in [1.54, 1.807) is 31.3 Å². The molecule has 0 amide bonds. The summed E-state index contributed by atoms with van der Waals surface area (Å²) in [6, 6.07) is 17.3. The molecule has 0 radical (unpaired) electrons. The van der Waals surface area contributed by atoms with Crippen LogP contribution in [-0.4, -0.2) is 21.5 Å². The first-order valence-electron chi connectivity index (χ1n) is 9.43. The van der Waals surface area contributed by atoms with Gasteiger partial charge in [0, 0.05) is 11.6 Å². The Kier molecular flexibility index (Phi) is 5.50. The second-order valence-electron chi connectivity index (χ2n) is 6.64. The number of oxazole rings is 1. The van der Waals surface area contributed by atoms with Crippen molar-refractivity contribution in [3.05, 3.63) is 77.9 Å². The minimum Gasteiger partial charge on any atom is -0.443 e. The average molecular weight is 397 g/mol. The Morgan fingerprint density at radius 3 is 2.63 bits per heavy atom. The quantitative estimate of drug-likeness (QED) is 0.517. The lowest BCUT2D eigenvalue weighted by molar-refractivity contribution is 0.461. The molecule has 0 unspecified atom stereocenters. The Hall–Kier alpha value is -4.02. The monoisotopic (exact) mass is 397 g/mol. The van der Waals surface area contributed by atoms with Crippen LogP contribution in [-0.2, 0) is 6.42 Å². The lowest BCUT2D eigenvalue weighted by Crippen LogP contribution is -2.02. The molecule has 0 aliphatic carbocycles. The van der Waals surface area contributed by atoms with E-state index in [2.05, 4.69) is 21.0 Å². The molecule has 7 nitrogen and oxygen atoms in total. The van der Waals surface area contributed by atoms with Gasteiger partial charge >= 0.3 is 0 Å². The lowest BCUT2D eigenvalue weighted by atomic mass is 10.0. The predicted octanol–water partition coefficient (Wildman–Crippen LogP) is 4.27. The van der Waals surface area contributed by atoms with E-state index in [-0.39, 0.29) is 0 Å². The van der Waals surface area contributed by atoms with Gasteiger partial charge in [-0.1, -0.05) is 24.3 Å². The maximum absolute atomic E-state index is 9.33. The van der Waals surface area contributed by atoms with E-state index >= 15 is 0 Å². The van der Waals surface area contributed by atoms with Crippen molar-refractivity contribution in [1.29, 1.82) is 5.26 Å². The van der Waals surface area contributed by atoms with Crippen molar-refractivity contribution >= 4 is 0 Å². The molecule has 4 aromatic rings. The molecule has 0 saturated carbocycles. The molecule has 4 rings (SSSR count). The zero-order valence-electron chi connectivity index (χ0n) is 16.4. The van der Waals surface area contributed by atoms with E-state index in [0.29, 0.717) is 41.1 Å². The Morgan fingerprint density at radius 1 is 1.10 bits per heavy atom. The van der Waals surface area contributed by atoms with Crippen LogP contribution in [0, 0.1) is 18.3 Å². The van der Waals surface area contributed by atoms with Gasteiger partial charge in [-0.05, 0) is 49.2 Å². The van der Waals surface area contributed by atoms with Crippen LogP contribution >= 0.6 is 0 Å². The second kappa shape index (κ2) is 8.55. The molecule has 148 valence electrons. The molecule has 0 bridgehead atoms. The van der Waals surface area contributed by atoms with Crippen molar-refractivity contribution in [2.75, 3.05) is 6.54 Å². The second-order valence-corrected chi connectivity index (χ2v) is 6.64. The standard InChI is InChI=1S/C23H19N5O2/c1-15-27-20(23-26-10-11-29-23)13-22(28-15)30-21-12-17(14-25)4-7-19(21)18-5-2-16(3-6-18)8-9-24/h2-7,10-13H,8-9,24H2,1H3. The molecule has 2 aromatic heterocycles. The van der Waals surface area contributed by atoms with Gasteiger partial charge in [0.1, 0.15) is 23.5 Å². The highest BCUT2D eigenvalue weighted by atomic mass is 16.5. The highest BCUT2D eigenvalue weighted by Crippen LogP contribution is 2.34. The number of ether oxygens (including phenoxy) is 1. The van der Waals surface area contributed by atoms with Crippen molar-refractivity contribution in [3.8, 4) is 40.4 Å². The molecule has 0 aliphatic heterocycles. The number of nitrogens with two attached hydrogens (primary N) is 1. The van der Waals surface area contributed by atoms with Gasteiger partial charge in [0.15, 0.2) is 0 Å². The Bertz CT molecular complexity index is 1200. The number of aromatic nitrogens is 3. The summed E-state index contributed by atoms with van der Waals surface area (Å²) < 4.78 is 11.4. The van der Waals surface area contributed by atoms with Crippen LogP contribution < -0.4 is 10.5 Å².